The summed E-state index contributed by atoms with van der Waals surface area (Å²) < 4.78 is 22.8. The molecule has 14 heteroatoms. The Bertz CT molecular complexity index is 990. The molecule has 1 aliphatic carbocycles. The number of amides is 1. The Kier molecular flexibility index (Phi) is 29.4. The van der Waals surface area contributed by atoms with E-state index in [0.29, 0.717) is 12.8 Å². The Labute approximate surface area is 325 Å². The summed E-state index contributed by atoms with van der Waals surface area (Å²) in [6.07, 6.45) is 16.0. The second-order valence-electron chi connectivity index (χ2n) is 15.4. The van der Waals surface area contributed by atoms with E-state index in [2.05, 4.69) is 19.2 Å². The van der Waals surface area contributed by atoms with Gasteiger partial charge < -0.3 is 46.0 Å². The molecule has 8 unspecified atom stereocenters. The van der Waals surface area contributed by atoms with Crippen LogP contribution in [0, 0.1) is 0 Å². The van der Waals surface area contributed by atoms with E-state index in [1.165, 1.54) is 102 Å². The summed E-state index contributed by atoms with van der Waals surface area (Å²) in [5.74, 6) is -0.594. The zero-order valence-corrected chi connectivity index (χ0v) is 34.3. The number of allylic oxidation sites excluding steroid dienone is 1. The minimum Gasteiger partial charge on any atom is -0.393 e. The third kappa shape index (κ3) is 23.3. The number of unbranched alkanes of at least 4 members (excludes halogenated alkanes) is 21. The third-order valence-corrected chi connectivity index (χ3v) is 11.4. The maximum atomic E-state index is 12.9. The van der Waals surface area contributed by atoms with Crippen LogP contribution in [0.25, 0.3) is 0 Å². The molecule has 1 aliphatic rings. The predicted octanol–water partition coefficient (Wildman–Crippen LogP) is 5.86. The summed E-state index contributed by atoms with van der Waals surface area (Å²) in [5.41, 5.74) is 0. The van der Waals surface area contributed by atoms with Gasteiger partial charge in [-0.05, 0) is 19.3 Å². The molecule has 54 heavy (non-hydrogen) atoms. The molecule has 0 radical (unpaired) electrons. The van der Waals surface area contributed by atoms with E-state index in [-0.39, 0.29) is 6.42 Å². The lowest BCUT2D eigenvalue weighted by Gasteiger charge is -2.41. The van der Waals surface area contributed by atoms with Crippen molar-refractivity contribution < 1.29 is 59.0 Å². The fourth-order valence-corrected chi connectivity index (χ4v) is 7.79. The van der Waals surface area contributed by atoms with Crippen LogP contribution < -0.4 is 5.32 Å². The zero-order chi connectivity index (χ0) is 40.2. The van der Waals surface area contributed by atoms with Crippen LogP contribution in [0.4, 0.5) is 0 Å². The Balaban J connectivity index is 2.62. The Morgan fingerprint density at radius 2 is 1.06 bits per heavy atom. The average Bonchev–Trinajstić information content (AvgIpc) is 3.14. The summed E-state index contributed by atoms with van der Waals surface area (Å²) in [6, 6.07) is -1.23. The van der Waals surface area contributed by atoms with Crippen LogP contribution in [0.15, 0.2) is 12.2 Å². The molecule has 0 aromatic carbocycles. The van der Waals surface area contributed by atoms with Crippen molar-refractivity contribution in [1.29, 1.82) is 0 Å². The summed E-state index contributed by atoms with van der Waals surface area (Å²) in [4.78, 5) is 23.3. The van der Waals surface area contributed by atoms with E-state index >= 15 is 0 Å². The number of hydrogen-bond donors (Lipinski definition) is 9. The van der Waals surface area contributed by atoms with Crippen LogP contribution in [-0.2, 0) is 18.4 Å². The SMILES string of the molecule is CCCCCCCCCCCCCCC/C=C/C(O)C(COP(=O)(O)OC1C(O)C(O)C(O)C(O)C1O)NC(=O)CC(O)CCCCCCCCCCC. The molecule has 13 nitrogen and oxygen atoms in total. The predicted molar refractivity (Wildman–Crippen MR) is 211 cm³/mol. The Morgan fingerprint density at radius 1 is 0.648 bits per heavy atom. The highest BCUT2D eigenvalue weighted by molar-refractivity contribution is 7.47. The van der Waals surface area contributed by atoms with Crippen molar-refractivity contribution in [1.82, 2.24) is 5.32 Å². The first-order chi connectivity index (χ1) is 25.8. The van der Waals surface area contributed by atoms with Crippen LogP contribution in [0.3, 0.4) is 0 Å². The Hall–Kier alpha value is -0.960. The van der Waals surface area contributed by atoms with E-state index in [4.69, 9.17) is 9.05 Å². The van der Waals surface area contributed by atoms with Crippen LogP contribution >= 0.6 is 7.82 Å². The minimum atomic E-state index is -5.13. The number of phosphoric ester groups is 1. The van der Waals surface area contributed by atoms with Crippen LogP contribution in [-0.4, -0.2) is 108 Å². The molecule has 0 aliphatic heterocycles. The molecule has 8 atom stereocenters. The molecule has 0 spiro atoms. The molecule has 1 fully saturated rings. The highest BCUT2D eigenvalue weighted by atomic mass is 31.2. The molecule has 0 bridgehead atoms. The van der Waals surface area contributed by atoms with Crippen molar-refractivity contribution in [2.24, 2.45) is 0 Å². The molecule has 0 heterocycles. The van der Waals surface area contributed by atoms with Gasteiger partial charge in [-0.15, -0.1) is 0 Å². The van der Waals surface area contributed by atoms with Crippen molar-refractivity contribution in [3.05, 3.63) is 12.2 Å². The molecule has 0 saturated heterocycles. The lowest BCUT2D eigenvalue weighted by atomic mass is 9.85. The number of aliphatic hydroxyl groups is 7. The number of rotatable bonds is 34. The van der Waals surface area contributed by atoms with Crippen LogP contribution in [0.1, 0.15) is 174 Å². The van der Waals surface area contributed by atoms with Gasteiger partial charge in [-0.2, -0.15) is 0 Å². The third-order valence-electron chi connectivity index (χ3n) is 10.4. The first-order valence-corrected chi connectivity index (χ1v) is 22.7. The number of phosphoric acid groups is 1. The van der Waals surface area contributed by atoms with Crippen molar-refractivity contribution in [3.8, 4) is 0 Å². The number of hydrogen-bond acceptors (Lipinski definition) is 11. The van der Waals surface area contributed by atoms with Crippen molar-refractivity contribution in [3.63, 3.8) is 0 Å². The van der Waals surface area contributed by atoms with Crippen molar-refractivity contribution >= 4 is 13.7 Å². The van der Waals surface area contributed by atoms with Gasteiger partial charge in [0.05, 0.1) is 31.3 Å². The van der Waals surface area contributed by atoms with Gasteiger partial charge in [-0.3, -0.25) is 13.8 Å². The van der Waals surface area contributed by atoms with Gasteiger partial charge in [-0.25, -0.2) is 4.57 Å². The quantitative estimate of drug-likeness (QED) is 0.0212. The van der Waals surface area contributed by atoms with Gasteiger partial charge >= 0.3 is 7.82 Å². The van der Waals surface area contributed by atoms with E-state index in [0.717, 1.165) is 44.9 Å². The van der Waals surface area contributed by atoms with Crippen molar-refractivity contribution in [2.75, 3.05) is 6.61 Å². The van der Waals surface area contributed by atoms with E-state index in [1.54, 1.807) is 6.08 Å². The standard InChI is InChI=1S/C40H78NO12P/c1-3-5-7-9-11-13-14-15-16-17-18-20-22-24-26-28-33(43)32(41-34(44)29-31(42)27-25-23-21-19-12-10-8-6-4-2)30-52-54(50,51)53-40-38(48)36(46)35(45)37(47)39(40)49/h26,28,31-33,35-40,42-43,45-49H,3-25,27,29-30H2,1-2H3,(H,41,44)(H,50,51)/b28-26+. The first kappa shape index (κ1) is 51.1. The van der Waals surface area contributed by atoms with Crippen LogP contribution in [0.2, 0.25) is 0 Å². The average molecular weight is 796 g/mol. The fraction of sp³-hybridized carbons (Fsp3) is 0.925. The van der Waals surface area contributed by atoms with E-state index in [1.807, 2.05) is 0 Å². The molecule has 1 rings (SSSR count). The normalized spacial score (nSPS) is 24.7. The first-order valence-electron chi connectivity index (χ1n) is 21.2. The Morgan fingerprint density at radius 3 is 1.52 bits per heavy atom. The van der Waals surface area contributed by atoms with Gasteiger partial charge in [0.2, 0.25) is 5.91 Å². The number of carbonyl (C=O) groups excluding carboxylic acids is 1. The summed E-state index contributed by atoms with van der Waals surface area (Å²) in [5, 5.41) is 74.1. The van der Waals surface area contributed by atoms with Gasteiger partial charge in [0, 0.05) is 0 Å². The summed E-state index contributed by atoms with van der Waals surface area (Å²) in [6.45, 7) is 3.69. The van der Waals surface area contributed by atoms with Crippen LogP contribution in [0.5, 0.6) is 0 Å². The molecular formula is C40H78NO12P. The molecule has 1 amide bonds. The minimum absolute atomic E-state index is 0.241. The highest BCUT2D eigenvalue weighted by Gasteiger charge is 2.51. The fourth-order valence-electron chi connectivity index (χ4n) is 6.83. The van der Waals surface area contributed by atoms with E-state index in [9.17, 15) is 50.0 Å². The summed E-state index contributed by atoms with van der Waals surface area (Å²) in [7, 11) is -5.13. The molecule has 0 aromatic rings. The number of aliphatic hydroxyl groups excluding tert-OH is 7. The lowest BCUT2D eigenvalue weighted by Crippen LogP contribution is -2.64. The molecule has 320 valence electrons. The maximum Gasteiger partial charge on any atom is 0.472 e. The van der Waals surface area contributed by atoms with E-state index < -0.39 is 75.2 Å². The lowest BCUT2D eigenvalue weighted by molar-refractivity contribution is -0.220. The van der Waals surface area contributed by atoms with Gasteiger partial charge in [0.25, 0.3) is 0 Å². The van der Waals surface area contributed by atoms with Gasteiger partial charge in [-0.1, -0.05) is 161 Å². The smallest absolute Gasteiger partial charge is 0.393 e. The topological polar surface area (TPSA) is 226 Å². The van der Waals surface area contributed by atoms with Gasteiger partial charge in [0.15, 0.2) is 0 Å². The monoisotopic (exact) mass is 796 g/mol. The largest absolute Gasteiger partial charge is 0.472 e. The molecule has 1 saturated carbocycles. The maximum absolute atomic E-state index is 12.9. The highest BCUT2D eigenvalue weighted by Crippen LogP contribution is 2.47. The summed E-state index contributed by atoms with van der Waals surface area (Å²) >= 11 is 0. The van der Waals surface area contributed by atoms with Gasteiger partial charge in [0.1, 0.15) is 36.6 Å². The molecular weight excluding hydrogens is 717 g/mol. The second-order valence-corrected chi connectivity index (χ2v) is 16.8. The number of carbonyl (C=O) groups is 1. The molecule has 0 aromatic heterocycles. The molecule has 9 N–H and O–H groups in total. The second kappa shape index (κ2) is 31.1. The number of nitrogens with one attached hydrogen (secondary N) is 1. The zero-order valence-electron chi connectivity index (χ0n) is 33.4. The van der Waals surface area contributed by atoms with Crippen molar-refractivity contribution in [2.45, 2.75) is 229 Å².